The lowest BCUT2D eigenvalue weighted by atomic mass is 10.1. The summed E-state index contributed by atoms with van der Waals surface area (Å²) in [6.45, 7) is 1.36. The number of hydrogen-bond acceptors (Lipinski definition) is 4. The fourth-order valence-corrected chi connectivity index (χ4v) is 2.55. The Hall–Kier alpha value is -2.24. The van der Waals surface area contributed by atoms with E-state index >= 15 is 0 Å². The van der Waals surface area contributed by atoms with Crippen molar-refractivity contribution in [2.45, 2.75) is 12.6 Å². The highest BCUT2D eigenvalue weighted by Gasteiger charge is 2.24. The summed E-state index contributed by atoms with van der Waals surface area (Å²) in [4.78, 5) is 14.1. The molecule has 1 atom stereocenters. The Kier molecular flexibility index (Phi) is 6.06. The Labute approximate surface area is 147 Å². The van der Waals surface area contributed by atoms with Crippen LogP contribution in [-0.2, 0) is 6.54 Å². The second-order valence-electron chi connectivity index (χ2n) is 5.58. The van der Waals surface area contributed by atoms with E-state index in [0.29, 0.717) is 25.3 Å². The smallest absolute Gasteiger partial charge is 0.253 e. The van der Waals surface area contributed by atoms with Crippen LogP contribution in [0.1, 0.15) is 15.9 Å². The van der Waals surface area contributed by atoms with Gasteiger partial charge in [-0.15, -0.1) is 12.4 Å². The first-order chi connectivity index (χ1) is 11.2. The minimum absolute atomic E-state index is 0. The topological polar surface area (TPSA) is 64.8 Å². The van der Waals surface area contributed by atoms with E-state index in [0.717, 1.165) is 17.1 Å². The van der Waals surface area contributed by atoms with Crippen molar-refractivity contribution in [1.82, 2.24) is 4.90 Å². The SMILES string of the molecule is CN(CC1COc2ccccc2O1)C(=O)c1ccc(CN)cc1.Cl. The molecule has 0 fully saturated rings. The number of fused-ring (bicyclic) bond motifs is 1. The number of benzene rings is 2. The van der Waals surface area contributed by atoms with Crippen molar-refractivity contribution >= 4 is 18.3 Å². The number of ether oxygens (including phenoxy) is 2. The van der Waals surface area contributed by atoms with Gasteiger partial charge in [0, 0.05) is 19.2 Å². The average Bonchev–Trinajstić information content (AvgIpc) is 2.61. The molecule has 1 aliphatic rings. The van der Waals surface area contributed by atoms with Crippen molar-refractivity contribution in [3.8, 4) is 11.5 Å². The maximum Gasteiger partial charge on any atom is 0.253 e. The number of amides is 1. The van der Waals surface area contributed by atoms with Crippen LogP contribution in [0.3, 0.4) is 0 Å². The van der Waals surface area contributed by atoms with Crippen LogP contribution >= 0.6 is 12.4 Å². The molecule has 1 heterocycles. The molecule has 0 saturated carbocycles. The third-order valence-corrected chi connectivity index (χ3v) is 3.83. The third-order valence-electron chi connectivity index (χ3n) is 3.83. The predicted molar refractivity (Wildman–Crippen MR) is 94.9 cm³/mol. The van der Waals surface area contributed by atoms with Gasteiger partial charge in [0.1, 0.15) is 6.61 Å². The summed E-state index contributed by atoms with van der Waals surface area (Å²) in [5, 5.41) is 0. The molecule has 0 spiro atoms. The number of carbonyl (C=O) groups is 1. The van der Waals surface area contributed by atoms with E-state index in [1.807, 2.05) is 36.4 Å². The van der Waals surface area contributed by atoms with Crippen LogP contribution in [0.25, 0.3) is 0 Å². The molecule has 2 aromatic rings. The molecule has 1 unspecified atom stereocenters. The molecule has 2 aromatic carbocycles. The zero-order valence-electron chi connectivity index (χ0n) is 13.5. The fraction of sp³-hybridized carbons (Fsp3) is 0.278. The van der Waals surface area contributed by atoms with E-state index in [2.05, 4.69) is 0 Å². The van der Waals surface area contributed by atoms with Crippen LogP contribution in [0.15, 0.2) is 48.5 Å². The number of likely N-dealkylation sites (N-methyl/N-ethyl adjacent to an activating group) is 1. The van der Waals surface area contributed by atoms with Crippen molar-refractivity contribution in [3.05, 3.63) is 59.7 Å². The van der Waals surface area contributed by atoms with Gasteiger partial charge in [0.2, 0.25) is 0 Å². The van der Waals surface area contributed by atoms with Gasteiger partial charge in [-0.3, -0.25) is 4.79 Å². The molecule has 0 bridgehead atoms. The van der Waals surface area contributed by atoms with E-state index in [1.165, 1.54) is 0 Å². The molecule has 128 valence electrons. The summed E-state index contributed by atoms with van der Waals surface area (Å²) in [6.07, 6.45) is -0.179. The van der Waals surface area contributed by atoms with Crippen LogP contribution in [-0.4, -0.2) is 37.1 Å². The van der Waals surface area contributed by atoms with E-state index < -0.39 is 0 Å². The molecule has 5 nitrogen and oxygen atoms in total. The second kappa shape index (κ2) is 8.04. The monoisotopic (exact) mass is 348 g/mol. The zero-order valence-corrected chi connectivity index (χ0v) is 14.3. The number of hydrogen-bond donors (Lipinski definition) is 1. The molecule has 0 saturated heterocycles. The van der Waals surface area contributed by atoms with Gasteiger partial charge in [0.05, 0.1) is 6.54 Å². The number of para-hydroxylation sites is 2. The van der Waals surface area contributed by atoms with Crippen molar-refractivity contribution in [2.24, 2.45) is 5.73 Å². The summed E-state index contributed by atoms with van der Waals surface area (Å²) in [7, 11) is 1.77. The molecule has 24 heavy (non-hydrogen) atoms. The number of nitrogens with zero attached hydrogens (tertiary/aromatic N) is 1. The highest BCUT2D eigenvalue weighted by atomic mass is 35.5. The maximum atomic E-state index is 12.5. The molecule has 0 radical (unpaired) electrons. The van der Waals surface area contributed by atoms with Gasteiger partial charge in [-0.25, -0.2) is 0 Å². The summed E-state index contributed by atoms with van der Waals surface area (Å²) in [6, 6.07) is 14.9. The lowest BCUT2D eigenvalue weighted by Gasteiger charge is -2.29. The number of rotatable bonds is 4. The quantitative estimate of drug-likeness (QED) is 0.922. The van der Waals surface area contributed by atoms with E-state index in [-0.39, 0.29) is 24.4 Å². The molecule has 2 N–H and O–H groups in total. The fourth-order valence-electron chi connectivity index (χ4n) is 2.55. The van der Waals surface area contributed by atoms with Crippen molar-refractivity contribution < 1.29 is 14.3 Å². The zero-order chi connectivity index (χ0) is 16.2. The molecular formula is C18H21ClN2O3. The predicted octanol–water partition coefficient (Wildman–Crippen LogP) is 2.48. The first-order valence-electron chi connectivity index (χ1n) is 7.60. The first kappa shape index (κ1) is 18.1. The standard InChI is InChI=1S/C18H20N2O3.ClH/c1-20(18(21)14-8-6-13(10-19)7-9-14)11-15-12-22-16-4-2-3-5-17(16)23-15;/h2-9,15H,10-12,19H2,1H3;1H. The van der Waals surface area contributed by atoms with Crippen molar-refractivity contribution in [3.63, 3.8) is 0 Å². The van der Waals surface area contributed by atoms with Gasteiger partial charge in [-0.1, -0.05) is 24.3 Å². The third kappa shape index (κ3) is 3.99. The van der Waals surface area contributed by atoms with Crippen LogP contribution in [0, 0.1) is 0 Å². The van der Waals surface area contributed by atoms with Crippen LogP contribution in [0.2, 0.25) is 0 Å². The molecule has 0 aliphatic carbocycles. The van der Waals surface area contributed by atoms with Gasteiger partial charge in [0.25, 0.3) is 5.91 Å². The van der Waals surface area contributed by atoms with E-state index in [1.54, 1.807) is 24.1 Å². The lowest BCUT2D eigenvalue weighted by Crippen LogP contribution is -2.41. The molecule has 0 aromatic heterocycles. The minimum Gasteiger partial charge on any atom is -0.486 e. The van der Waals surface area contributed by atoms with Crippen molar-refractivity contribution in [2.75, 3.05) is 20.2 Å². The Morgan fingerprint density at radius 2 is 1.83 bits per heavy atom. The van der Waals surface area contributed by atoms with Crippen LogP contribution < -0.4 is 15.2 Å². The molecule has 6 heteroatoms. The Morgan fingerprint density at radius 1 is 1.17 bits per heavy atom. The summed E-state index contributed by atoms with van der Waals surface area (Å²) in [5.41, 5.74) is 7.22. The molecule has 1 aliphatic heterocycles. The minimum atomic E-state index is -0.179. The Bertz CT molecular complexity index is 691. The van der Waals surface area contributed by atoms with Gasteiger partial charge >= 0.3 is 0 Å². The van der Waals surface area contributed by atoms with Crippen LogP contribution in [0.4, 0.5) is 0 Å². The second-order valence-corrected chi connectivity index (χ2v) is 5.58. The summed E-state index contributed by atoms with van der Waals surface area (Å²) < 4.78 is 11.6. The van der Waals surface area contributed by atoms with Crippen molar-refractivity contribution in [1.29, 1.82) is 0 Å². The van der Waals surface area contributed by atoms with Gasteiger partial charge < -0.3 is 20.1 Å². The Morgan fingerprint density at radius 3 is 2.50 bits per heavy atom. The number of halogens is 1. The molecule has 1 amide bonds. The van der Waals surface area contributed by atoms with Crippen LogP contribution in [0.5, 0.6) is 11.5 Å². The number of nitrogens with two attached hydrogens (primary N) is 1. The Balaban J connectivity index is 0.00000208. The molecule has 3 rings (SSSR count). The van der Waals surface area contributed by atoms with Gasteiger partial charge in [0.15, 0.2) is 17.6 Å². The lowest BCUT2D eigenvalue weighted by molar-refractivity contribution is 0.0521. The van der Waals surface area contributed by atoms with E-state index in [9.17, 15) is 4.79 Å². The summed E-state index contributed by atoms with van der Waals surface area (Å²) in [5.74, 6) is 1.42. The average molecular weight is 349 g/mol. The summed E-state index contributed by atoms with van der Waals surface area (Å²) >= 11 is 0. The normalized spacial score (nSPS) is 15.3. The highest BCUT2D eigenvalue weighted by Crippen LogP contribution is 2.31. The molecular weight excluding hydrogens is 328 g/mol. The first-order valence-corrected chi connectivity index (χ1v) is 7.60. The highest BCUT2D eigenvalue weighted by molar-refractivity contribution is 5.94. The number of carbonyl (C=O) groups excluding carboxylic acids is 1. The largest absolute Gasteiger partial charge is 0.486 e. The maximum absolute atomic E-state index is 12.5. The van der Waals surface area contributed by atoms with Gasteiger partial charge in [-0.2, -0.15) is 0 Å². The van der Waals surface area contributed by atoms with E-state index in [4.69, 9.17) is 15.2 Å². The van der Waals surface area contributed by atoms with Gasteiger partial charge in [-0.05, 0) is 29.8 Å².